The number of anilines is 3. The molecule has 3 rings (SSSR count). The molecule has 1 heterocycles. The summed E-state index contributed by atoms with van der Waals surface area (Å²) >= 11 is 0. The number of nitrogens with zero attached hydrogens (tertiary/aromatic N) is 2. The van der Waals surface area contributed by atoms with Crippen molar-refractivity contribution in [3.8, 4) is 11.5 Å². The van der Waals surface area contributed by atoms with Gasteiger partial charge in [0, 0.05) is 24.4 Å². The molecular formula is C19H19FN4O2. The van der Waals surface area contributed by atoms with E-state index in [4.69, 9.17) is 9.47 Å². The number of rotatable bonds is 7. The molecule has 2 N–H and O–H groups in total. The molecule has 0 aliphatic heterocycles. The van der Waals surface area contributed by atoms with Crippen molar-refractivity contribution in [2.45, 2.75) is 6.54 Å². The Morgan fingerprint density at radius 2 is 1.88 bits per heavy atom. The smallest absolute Gasteiger partial charge is 0.229 e. The average molecular weight is 354 g/mol. The van der Waals surface area contributed by atoms with Gasteiger partial charge < -0.3 is 20.1 Å². The predicted octanol–water partition coefficient (Wildman–Crippen LogP) is 3.99. The summed E-state index contributed by atoms with van der Waals surface area (Å²) in [7, 11) is 3.18. The van der Waals surface area contributed by atoms with Crippen LogP contribution < -0.4 is 20.1 Å². The zero-order valence-corrected chi connectivity index (χ0v) is 14.5. The second kappa shape index (κ2) is 8.15. The van der Waals surface area contributed by atoms with E-state index >= 15 is 0 Å². The summed E-state index contributed by atoms with van der Waals surface area (Å²) in [5.41, 5.74) is 1.24. The molecular weight excluding hydrogens is 335 g/mol. The summed E-state index contributed by atoms with van der Waals surface area (Å²) in [4.78, 5) is 8.60. The van der Waals surface area contributed by atoms with Gasteiger partial charge in [0.15, 0.2) is 0 Å². The van der Waals surface area contributed by atoms with Gasteiger partial charge in [-0.2, -0.15) is 4.98 Å². The van der Waals surface area contributed by atoms with Crippen molar-refractivity contribution in [2.24, 2.45) is 0 Å². The Hall–Kier alpha value is -3.35. The first-order chi connectivity index (χ1) is 12.7. The van der Waals surface area contributed by atoms with Crippen molar-refractivity contribution in [3.63, 3.8) is 0 Å². The van der Waals surface area contributed by atoms with Crippen LogP contribution in [0.2, 0.25) is 0 Å². The highest BCUT2D eigenvalue weighted by atomic mass is 19.1. The molecule has 134 valence electrons. The first-order valence-electron chi connectivity index (χ1n) is 7.99. The highest BCUT2D eigenvalue weighted by molar-refractivity contribution is 5.65. The van der Waals surface area contributed by atoms with Crippen LogP contribution in [0.1, 0.15) is 5.56 Å². The lowest BCUT2D eigenvalue weighted by atomic mass is 10.2. The van der Waals surface area contributed by atoms with Crippen LogP contribution in [-0.4, -0.2) is 24.2 Å². The average Bonchev–Trinajstić information content (AvgIpc) is 2.67. The maximum atomic E-state index is 13.7. The lowest BCUT2D eigenvalue weighted by Gasteiger charge is -2.12. The Balaban J connectivity index is 1.74. The Morgan fingerprint density at radius 3 is 2.65 bits per heavy atom. The van der Waals surface area contributed by atoms with Gasteiger partial charge in [0.2, 0.25) is 5.95 Å². The van der Waals surface area contributed by atoms with Gasteiger partial charge in [0.05, 0.1) is 19.9 Å². The second-order valence-corrected chi connectivity index (χ2v) is 5.40. The molecule has 0 saturated carbocycles. The van der Waals surface area contributed by atoms with Crippen LogP contribution in [-0.2, 0) is 6.54 Å². The summed E-state index contributed by atoms with van der Waals surface area (Å²) in [6, 6.07) is 13.7. The Kier molecular flexibility index (Phi) is 5.48. The van der Waals surface area contributed by atoms with Crippen molar-refractivity contribution in [1.29, 1.82) is 0 Å². The van der Waals surface area contributed by atoms with Gasteiger partial charge >= 0.3 is 0 Å². The highest BCUT2D eigenvalue weighted by Gasteiger charge is 2.08. The van der Waals surface area contributed by atoms with Gasteiger partial charge in [0.1, 0.15) is 23.1 Å². The molecule has 7 heteroatoms. The first-order valence-corrected chi connectivity index (χ1v) is 7.99. The summed E-state index contributed by atoms with van der Waals surface area (Å²) in [6.45, 7) is 0.325. The number of halogens is 1. The third-order valence-corrected chi connectivity index (χ3v) is 3.73. The molecule has 0 atom stereocenters. The van der Waals surface area contributed by atoms with Gasteiger partial charge in [0.25, 0.3) is 0 Å². The largest absolute Gasteiger partial charge is 0.497 e. The molecule has 0 amide bonds. The number of ether oxygens (including phenoxy) is 2. The fraction of sp³-hybridized carbons (Fsp3) is 0.158. The molecule has 26 heavy (non-hydrogen) atoms. The standard InChI is InChI=1S/C19H19FN4O2/c1-25-14-7-8-17(26-2)16(11-14)23-19-21-10-9-18(24-19)22-12-13-5-3-4-6-15(13)20/h3-11H,12H2,1-2H3,(H2,21,22,23,24). The molecule has 0 unspecified atom stereocenters. The van der Waals surface area contributed by atoms with E-state index in [1.165, 1.54) is 6.07 Å². The SMILES string of the molecule is COc1ccc(OC)c(Nc2nccc(NCc3ccccc3F)n2)c1. The van der Waals surface area contributed by atoms with Gasteiger partial charge in [-0.3, -0.25) is 0 Å². The minimum atomic E-state index is -0.256. The fourth-order valence-corrected chi connectivity index (χ4v) is 2.38. The quantitative estimate of drug-likeness (QED) is 0.669. The summed E-state index contributed by atoms with van der Waals surface area (Å²) in [5, 5.41) is 6.20. The maximum absolute atomic E-state index is 13.7. The minimum Gasteiger partial charge on any atom is -0.497 e. The minimum absolute atomic E-state index is 0.256. The third kappa shape index (κ3) is 4.18. The van der Waals surface area contributed by atoms with E-state index in [0.717, 1.165) is 0 Å². The second-order valence-electron chi connectivity index (χ2n) is 5.40. The monoisotopic (exact) mass is 354 g/mol. The molecule has 0 aliphatic carbocycles. The fourth-order valence-electron chi connectivity index (χ4n) is 2.38. The molecule has 0 bridgehead atoms. The third-order valence-electron chi connectivity index (χ3n) is 3.73. The summed E-state index contributed by atoms with van der Waals surface area (Å²) in [6.07, 6.45) is 1.62. The van der Waals surface area contributed by atoms with Crippen molar-refractivity contribution >= 4 is 17.5 Å². The molecule has 0 aliphatic rings. The van der Waals surface area contributed by atoms with Crippen molar-refractivity contribution in [2.75, 3.05) is 24.9 Å². The molecule has 0 spiro atoms. The predicted molar refractivity (Wildman–Crippen MR) is 98.6 cm³/mol. The molecule has 2 aromatic carbocycles. The molecule has 3 aromatic rings. The first kappa shape index (κ1) is 17.5. The number of benzene rings is 2. The molecule has 0 fully saturated rings. The maximum Gasteiger partial charge on any atom is 0.229 e. The number of nitrogens with one attached hydrogen (secondary N) is 2. The van der Waals surface area contributed by atoms with Gasteiger partial charge in [-0.15, -0.1) is 0 Å². The number of hydrogen-bond acceptors (Lipinski definition) is 6. The van der Waals surface area contributed by atoms with E-state index in [1.54, 1.807) is 62.9 Å². The Labute approximate surface area is 151 Å². The zero-order valence-electron chi connectivity index (χ0n) is 14.5. The normalized spacial score (nSPS) is 10.3. The van der Waals surface area contributed by atoms with E-state index in [9.17, 15) is 4.39 Å². The van der Waals surface area contributed by atoms with Crippen LogP contribution in [0.25, 0.3) is 0 Å². The van der Waals surface area contributed by atoms with E-state index < -0.39 is 0 Å². The van der Waals surface area contributed by atoms with Gasteiger partial charge in [-0.05, 0) is 24.3 Å². The van der Waals surface area contributed by atoms with Crippen LogP contribution in [0.3, 0.4) is 0 Å². The van der Waals surface area contributed by atoms with Crippen molar-refractivity contribution < 1.29 is 13.9 Å². The summed E-state index contributed by atoms with van der Waals surface area (Å²) in [5.74, 6) is 2.03. The molecule has 1 aromatic heterocycles. The molecule has 0 radical (unpaired) electrons. The Morgan fingerprint density at radius 1 is 1.04 bits per heavy atom. The van der Waals surface area contributed by atoms with Crippen molar-refractivity contribution in [3.05, 3.63) is 66.1 Å². The van der Waals surface area contributed by atoms with Gasteiger partial charge in [-0.25, -0.2) is 9.37 Å². The van der Waals surface area contributed by atoms with Crippen LogP contribution in [0.15, 0.2) is 54.7 Å². The number of methoxy groups -OCH3 is 2. The van der Waals surface area contributed by atoms with Crippen LogP contribution >= 0.6 is 0 Å². The lowest BCUT2D eigenvalue weighted by Crippen LogP contribution is -2.05. The van der Waals surface area contributed by atoms with E-state index in [1.807, 2.05) is 0 Å². The van der Waals surface area contributed by atoms with Crippen LogP contribution in [0.5, 0.6) is 11.5 Å². The topological polar surface area (TPSA) is 68.3 Å². The summed E-state index contributed by atoms with van der Waals surface area (Å²) < 4.78 is 24.3. The zero-order chi connectivity index (χ0) is 18.4. The molecule has 0 saturated heterocycles. The lowest BCUT2D eigenvalue weighted by molar-refractivity contribution is 0.405. The van der Waals surface area contributed by atoms with E-state index in [-0.39, 0.29) is 5.82 Å². The van der Waals surface area contributed by atoms with Gasteiger partial charge in [-0.1, -0.05) is 18.2 Å². The Bertz CT molecular complexity index is 889. The van der Waals surface area contributed by atoms with Crippen molar-refractivity contribution in [1.82, 2.24) is 9.97 Å². The number of aromatic nitrogens is 2. The number of hydrogen-bond donors (Lipinski definition) is 2. The molecule has 6 nitrogen and oxygen atoms in total. The van der Waals surface area contributed by atoms with Crippen LogP contribution in [0.4, 0.5) is 21.8 Å². The highest BCUT2D eigenvalue weighted by Crippen LogP contribution is 2.30. The van der Waals surface area contributed by atoms with Crippen LogP contribution in [0, 0.1) is 5.82 Å². The van der Waals surface area contributed by atoms with E-state index in [0.29, 0.717) is 41.1 Å². The van der Waals surface area contributed by atoms with E-state index in [2.05, 4.69) is 20.6 Å².